The molecule has 3 N–H and O–H groups in total. The molecule has 0 aliphatic rings. The molecule has 0 atom stereocenters. The summed E-state index contributed by atoms with van der Waals surface area (Å²) in [6.07, 6.45) is 3.04. The molecule has 0 aliphatic heterocycles. The summed E-state index contributed by atoms with van der Waals surface area (Å²) in [7, 11) is 3.36. The lowest BCUT2D eigenvalue weighted by Gasteiger charge is -2.20. The van der Waals surface area contributed by atoms with Gasteiger partial charge in [-0.3, -0.25) is 4.79 Å². The monoisotopic (exact) mass is 273 g/mol. The zero-order chi connectivity index (χ0) is 14.7. The maximum Gasteiger partial charge on any atom is 0.276 e. The molecule has 1 aromatic heterocycles. The minimum absolute atomic E-state index is 0.0507. The van der Waals surface area contributed by atoms with Crippen LogP contribution in [0.15, 0.2) is 41.9 Å². The van der Waals surface area contributed by atoms with Crippen molar-refractivity contribution in [1.82, 2.24) is 9.55 Å². The van der Waals surface area contributed by atoms with Crippen LogP contribution in [-0.2, 0) is 7.05 Å². The Morgan fingerprint density at radius 2 is 2.15 bits per heavy atom. The van der Waals surface area contributed by atoms with Crippen molar-refractivity contribution < 1.29 is 10.0 Å². The Kier molecular flexibility index (Phi) is 3.69. The lowest BCUT2D eigenvalue weighted by molar-refractivity contribution is 0.0985. The number of imidazole rings is 1. The molecule has 20 heavy (non-hydrogen) atoms. The van der Waals surface area contributed by atoms with Crippen molar-refractivity contribution >= 4 is 17.4 Å². The average Bonchev–Trinajstić information content (AvgIpc) is 2.91. The van der Waals surface area contributed by atoms with Crippen LogP contribution in [0.25, 0.3) is 0 Å². The zero-order valence-corrected chi connectivity index (χ0v) is 11.2. The van der Waals surface area contributed by atoms with Gasteiger partial charge in [0.2, 0.25) is 0 Å². The number of hydrogen-bond donors (Lipinski definition) is 2. The minimum atomic E-state index is -0.233. The highest BCUT2D eigenvalue weighted by Crippen LogP contribution is 2.20. The van der Waals surface area contributed by atoms with Crippen molar-refractivity contribution in [3.63, 3.8) is 0 Å². The number of rotatable bonds is 3. The number of anilines is 1. The first-order valence-electron chi connectivity index (χ1n) is 5.87. The third-order valence-corrected chi connectivity index (χ3v) is 2.99. The van der Waals surface area contributed by atoms with Crippen LogP contribution in [0, 0.1) is 0 Å². The fourth-order valence-corrected chi connectivity index (χ4v) is 1.88. The molecule has 1 aromatic carbocycles. The van der Waals surface area contributed by atoms with Crippen LogP contribution in [0.2, 0.25) is 0 Å². The van der Waals surface area contributed by atoms with Crippen molar-refractivity contribution in [2.45, 2.75) is 0 Å². The maximum atomic E-state index is 12.4. The van der Waals surface area contributed by atoms with Crippen molar-refractivity contribution in [2.24, 2.45) is 17.9 Å². The molecule has 1 amide bonds. The van der Waals surface area contributed by atoms with Gasteiger partial charge < -0.3 is 20.4 Å². The van der Waals surface area contributed by atoms with E-state index in [4.69, 9.17) is 10.9 Å². The number of aryl methyl sites for hydroxylation is 1. The molecular formula is C13H15N5O2. The summed E-state index contributed by atoms with van der Waals surface area (Å²) in [5, 5.41) is 11.8. The van der Waals surface area contributed by atoms with Gasteiger partial charge in [-0.05, 0) is 12.1 Å². The molecule has 7 heteroatoms. The van der Waals surface area contributed by atoms with Gasteiger partial charge in [-0.25, -0.2) is 4.98 Å². The number of carbonyl (C=O) groups excluding carboxylic acids is 1. The lowest BCUT2D eigenvalue weighted by atomic mass is 10.1. The fourth-order valence-electron chi connectivity index (χ4n) is 1.88. The molecule has 104 valence electrons. The number of nitrogens with zero attached hydrogens (tertiary/aromatic N) is 4. The highest BCUT2D eigenvalue weighted by molar-refractivity contribution is 6.10. The summed E-state index contributed by atoms with van der Waals surface area (Å²) in [5.41, 5.74) is 7.10. The van der Waals surface area contributed by atoms with E-state index in [0.717, 1.165) is 0 Å². The van der Waals surface area contributed by atoms with Crippen LogP contribution in [0.5, 0.6) is 0 Å². The molecular weight excluding hydrogens is 258 g/mol. The smallest absolute Gasteiger partial charge is 0.276 e. The van der Waals surface area contributed by atoms with Gasteiger partial charge in [0.25, 0.3) is 5.91 Å². The summed E-state index contributed by atoms with van der Waals surface area (Å²) in [5.74, 6) is -0.284. The number of para-hydroxylation sites is 1. The first kappa shape index (κ1) is 13.6. The van der Waals surface area contributed by atoms with Gasteiger partial charge in [-0.1, -0.05) is 17.3 Å². The summed E-state index contributed by atoms with van der Waals surface area (Å²) < 4.78 is 1.63. The van der Waals surface area contributed by atoms with Crippen molar-refractivity contribution in [1.29, 1.82) is 0 Å². The predicted octanol–water partition coefficient (Wildman–Crippen LogP) is 0.791. The van der Waals surface area contributed by atoms with Crippen LogP contribution in [-0.4, -0.2) is 33.5 Å². The largest absolute Gasteiger partial charge is 0.409 e. The van der Waals surface area contributed by atoms with Crippen LogP contribution in [0.1, 0.15) is 16.1 Å². The number of carbonyl (C=O) groups is 1. The van der Waals surface area contributed by atoms with E-state index >= 15 is 0 Å². The first-order chi connectivity index (χ1) is 9.56. The maximum absolute atomic E-state index is 12.4. The number of benzene rings is 1. The lowest BCUT2D eigenvalue weighted by Crippen LogP contribution is -2.30. The summed E-state index contributed by atoms with van der Waals surface area (Å²) in [4.78, 5) is 17.8. The Hall–Kier alpha value is -2.83. The third-order valence-electron chi connectivity index (χ3n) is 2.99. The van der Waals surface area contributed by atoms with Crippen LogP contribution < -0.4 is 10.6 Å². The Labute approximate surface area is 115 Å². The standard InChI is InChI=1S/C13H15N5O2/c1-17-8-15-7-11(17)13(19)18(2)10-6-4-3-5-9(10)12(14)16-20/h3-8,20H,1-2H3,(H2,14,16). The number of hydrogen-bond acceptors (Lipinski definition) is 4. The second-order valence-corrected chi connectivity index (χ2v) is 4.26. The molecule has 0 spiro atoms. The number of amides is 1. The van der Waals surface area contributed by atoms with Gasteiger partial charge >= 0.3 is 0 Å². The molecule has 1 heterocycles. The Balaban J connectivity index is 2.42. The van der Waals surface area contributed by atoms with Gasteiger partial charge in [-0.2, -0.15) is 0 Å². The molecule has 2 rings (SSSR count). The molecule has 7 nitrogen and oxygen atoms in total. The SMILES string of the molecule is CN(C(=O)c1cncn1C)c1ccccc1/C(N)=N/O. The highest BCUT2D eigenvalue weighted by Gasteiger charge is 2.19. The topological polar surface area (TPSA) is 96.7 Å². The fraction of sp³-hybridized carbons (Fsp3) is 0.154. The van der Waals surface area contributed by atoms with Gasteiger partial charge in [0.1, 0.15) is 5.69 Å². The van der Waals surface area contributed by atoms with Gasteiger partial charge in [0, 0.05) is 19.7 Å². The number of amidine groups is 1. The molecule has 0 unspecified atom stereocenters. The summed E-state index contributed by atoms with van der Waals surface area (Å²) in [6, 6.07) is 6.93. The van der Waals surface area contributed by atoms with Gasteiger partial charge in [0.05, 0.1) is 18.2 Å². The molecule has 0 saturated carbocycles. The normalized spacial score (nSPS) is 11.4. The van der Waals surface area contributed by atoms with E-state index in [-0.39, 0.29) is 11.7 Å². The second kappa shape index (κ2) is 5.43. The third kappa shape index (κ3) is 2.33. The van der Waals surface area contributed by atoms with E-state index < -0.39 is 0 Å². The Morgan fingerprint density at radius 3 is 2.75 bits per heavy atom. The quantitative estimate of drug-likeness (QED) is 0.374. The van der Waals surface area contributed by atoms with E-state index in [2.05, 4.69) is 10.1 Å². The van der Waals surface area contributed by atoms with E-state index in [1.165, 1.54) is 11.1 Å². The van der Waals surface area contributed by atoms with Crippen molar-refractivity contribution in [2.75, 3.05) is 11.9 Å². The minimum Gasteiger partial charge on any atom is -0.409 e. The number of aromatic nitrogens is 2. The molecule has 0 aliphatic carbocycles. The predicted molar refractivity (Wildman–Crippen MR) is 74.9 cm³/mol. The van der Waals surface area contributed by atoms with Crippen LogP contribution >= 0.6 is 0 Å². The second-order valence-electron chi connectivity index (χ2n) is 4.26. The molecule has 0 fully saturated rings. The summed E-state index contributed by atoms with van der Waals surface area (Å²) >= 11 is 0. The molecule has 0 radical (unpaired) electrons. The number of oxime groups is 1. The van der Waals surface area contributed by atoms with E-state index in [0.29, 0.717) is 16.9 Å². The molecule has 0 bridgehead atoms. The van der Waals surface area contributed by atoms with Gasteiger partial charge in [0.15, 0.2) is 5.84 Å². The van der Waals surface area contributed by atoms with E-state index in [1.807, 2.05) is 0 Å². The zero-order valence-electron chi connectivity index (χ0n) is 11.2. The average molecular weight is 273 g/mol. The Morgan fingerprint density at radius 1 is 1.45 bits per heavy atom. The summed E-state index contributed by atoms with van der Waals surface area (Å²) in [6.45, 7) is 0. The first-order valence-corrected chi connectivity index (χ1v) is 5.87. The van der Waals surface area contributed by atoms with Crippen LogP contribution in [0.4, 0.5) is 5.69 Å². The molecule has 0 saturated heterocycles. The molecule has 2 aromatic rings. The van der Waals surface area contributed by atoms with Crippen molar-refractivity contribution in [3.8, 4) is 0 Å². The Bertz CT molecular complexity index is 662. The van der Waals surface area contributed by atoms with Crippen molar-refractivity contribution in [3.05, 3.63) is 48.0 Å². The van der Waals surface area contributed by atoms with Gasteiger partial charge in [-0.15, -0.1) is 0 Å². The van der Waals surface area contributed by atoms with Crippen LogP contribution in [0.3, 0.4) is 0 Å². The van der Waals surface area contributed by atoms with E-state index in [9.17, 15) is 4.79 Å². The highest BCUT2D eigenvalue weighted by atomic mass is 16.4. The van der Waals surface area contributed by atoms with E-state index in [1.54, 1.807) is 49.3 Å². The number of nitrogens with two attached hydrogens (primary N) is 1.